The molecule has 1 aliphatic rings. The first-order valence-corrected chi connectivity index (χ1v) is 10.7. The number of piperazine rings is 1. The van der Waals surface area contributed by atoms with E-state index in [1.165, 1.54) is 41.6 Å². The number of benzene rings is 1. The second kappa shape index (κ2) is 9.90. The largest absolute Gasteiger partial charge is 0.481 e. The highest BCUT2D eigenvalue weighted by Crippen LogP contribution is 2.26. The van der Waals surface area contributed by atoms with Gasteiger partial charge in [-0.3, -0.25) is 14.8 Å². The van der Waals surface area contributed by atoms with Crippen LogP contribution in [0.1, 0.15) is 20.8 Å². The lowest BCUT2D eigenvalue weighted by Crippen LogP contribution is -2.65. The highest BCUT2D eigenvalue weighted by molar-refractivity contribution is 7.89. The van der Waals surface area contributed by atoms with Crippen LogP contribution in [0.15, 0.2) is 29.2 Å². The van der Waals surface area contributed by atoms with E-state index in [1.54, 1.807) is 13.8 Å². The van der Waals surface area contributed by atoms with Crippen LogP contribution in [0.3, 0.4) is 0 Å². The Labute approximate surface area is 176 Å². The van der Waals surface area contributed by atoms with Crippen molar-refractivity contribution < 1.29 is 28.0 Å². The fourth-order valence-corrected chi connectivity index (χ4v) is 4.90. The molecule has 2 amide bonds. The first-order chi connectivity index (χ1) is 14.1. The van der Waals surface area contributed by atoms with Crippen LogP contribution in [0.25, 0.3) is 0 Å². The molecule has 1 saturated heterocycles. The topological polar surface area (TPSA) is 142 Å². The molecule has 1 fully saturated rings. The van der Waals surface area contributed by atoms with E-state index in [4.69, 9.17) is 15.7 Å². The molecule has 0 bridgehead atoms. The number of nitrogens with zero attached hydrogens (tertiary/aromatic N) is 2. The van der Waals surface area contributed by atoms with Gasteiger partial charge in [0, 0.05) is 20.0 Å². The van der Waals surface area contributed by atoms with E-state index in [0.717, 1.165) is 4.31 Å². The highest BCUT2D eigenvalue weighted by Gasteiger charge is 2.45. The van der Waals surface area contributed by atoms with Gasteiger partial charge in [-0.1, -0.05) is 11.8 Å². The van der Waals surface area contributed by atoms with Crippen LogP contribution in [0, 0.1) is 11.8 Å². The van der Waals surface area contributed by atoms with Crippen molar-refractivity contribution in [3.05, 3.63) is 24.3 Å². The van der Waals surface area contributed by atoms with Crippen LogP contribution in [0.5, 0.6) is 5.75 Å². The van der Waals surface area contributed by atoms with Gasteiger partial charge in [0.15, 0.2) is 0 Å². The maximum absolute atomic E-state index is 13.2. The summed E-state index contributed by atoms with van der Waals surface area (Å²) in [7, 11) is -4.08. The molecule has 0 spiro atoms. The molecule has 1 aromatic rings. The summed E-state index contributed by atoms with van der Waals surface area (Å²) >= 11 is 0. The SMILES string of the molecule is CC(=O)N1CCN(S(=O)(=O)c2ccc(OCC#CC(C)N)cc2)C(C(=O)NO)C1C. The van der Waals surface area contributed by atoms with E-state index >= 15 is 0 Å². The summed E-state index contributed by atoms with van der Waals surface area (Å²) in [4.78, 5) is 25.4. The molecule has 0 radical (unpaired) electrons. The van der Waals surface area contributed by atoms with Gasteiger partial charge in [0.25, 0.3) is 5.91 Å². The number of nitrogens with one attached hydrogen (secondary N) is 1. The second-order valence-corrected chi connectivity index (χ2v) is 8.75. The van der Waals surface area contributed by atoms with Gasteiger partial charge in [0.05, 0.1) is 17.0 Å². The summed E-state index contributed by atoms with van der Waals surface area (Å²) in [6, 6.07) is 3.38. The summed E-state index contributed by atoms with van der Waals surface area (Å²) in [6.45, 7) is 4.79. The van der Waals surface area contributed by atoms with Gasteiger partial charge in [-0.15, -0.1) is 0 Å². The molecule has 3 atom stereocenters. The predicted octanol–water partition coefficient (Wildman–Crippen LogP) is -0.469. The van der Waals surface area contributed by atoms with E-state index in [9.17, 15) is 18.0 Å². The first kappa shape index (κ1) is 23.6. The minimum atomic E-state index is -4.08. The Morgan fingerprint density at radius 3 is 2.50 bits per heavy atom. The van der Waals surface area contributed by atoms with Crippen molar-refractivity contribution in [1.29, 1.82) is 0 Å². The van der Waals surface area contributed by atoms with Crippen molar-refractivity contribution in [1.82, 2.24) is 14.7 Å². The Morgan fingerprint density at radius 1 is 1.33 bits per heavy atom. The van der Waals surface area contributed by atoms with Crippen molar-refractivity contribution in [2.45, 2.75) is 43.8 Å². The van der Waals surface area contributed by atoms with Gasteiger partial charge in [-0.05, 0) is 38.1 Å². The maximum Gasteiger partial charge on any atom is 0.263 e. The molecule has 0 aliphatic carbocycles. The number of hydrogen-bond acceptors (Lipinski definition) is 7. The predicted molar refractivity (Wildman–Crippen MR) is 108 cm³/mol. The monoisotopic (exact) mass is 438 g/mol. The van der Waals surface area contributed by atoms with Gasteiger partial charge in [-0.2, -0.15) is 4.31 Å². The summed E-state index contributed by atoms with van der Waals surface area (Å²) < 4.78 is 32.8. The summed E-state index contributed by atoms with van der Waals surface area (Å²) in [6.07, 6.45) is 0. The lowest BCUT2D eigenvalue weighted by atomic mass is 10.0. The van der Waals surface area contributed by atoms with Gasteiger partial charge in [-0.25, -0.2) is 13.9 Å². The summed E-state index contributed by atoms with van der Waals surface area (Å²) in [5, 5.41) is 9.10. The quantitative estimate of drug-likeness (QED) is 0.320. The zero-order valence-electron chi connectivity index (χ0n) is 17.0. The Kier molecular flexibility index (Phi) is 7.80. The molecule has 4 N–H and O–H groups in total. The van der Waals surface area contributed by atoms with E-state index in [0.29, 0.717) is 5.75 Å². The molecule has 0 saturated carbocycles. The van der Waals surface area contributed by atoms with Crippen molar-refractivity contribution >= 4 is 21.8 Å². The number of hydrogen-bond donors (Lipinski definition) is 3. The van der Waals surface area contributed by atoms with Crippen molar-refractivity contribution in [2.75, 3.05) is 19.7 Å². The van der Waals surface area contributed by atoms with Crippen LogP contribution < -0.4 is 16.0 Å². The molecule has 11 heteroatoms. The molecule has 3 unspecified atom stereocenters. The van der Waals surface area contributed by atoms with Crippen molar-refractivity contribution in [2.24, 2.45) is 5.73 Å². The molecule has 10 nitrogen and oxygen atoms in total. The summed E-state index contributed by atoms with van der Waals surface area (Å²) in [5.74, 6) is 4.72. The molecular formula is C19H26N4O6S. The average molecular weight is 439 g/mol. The third-order valence-electron chi connectivity index (χ3n) is 4.67. The fraction of sp³-hybridized carbons (Fsp3) is 0.474. The minimum Gasteiger partial charge on any atom is -0.481 e. The molecule has 1 heterocycles. The number of sulfonamides is 1. The first-order valence-electron chi connectivity index (χ1n) is 9.29. The molecule has 2 rings (SSSR count). The lowest BCUT2D eigenvalue weighted by Gasteiger charge is -2.43. The lowest BCUT2D eigenvalue weighted by molar-refractivity contribution is -0.142. The van der Waals surface area contributed by atoms with Crippen LogP contribution in [-0.4, -0.2) is 72.5 Å². The molecule has 1 aliphatic heterocycles. The van der Waals surface area contributed by atoms with Crippen LogP contribution in [0.4, 0.5) is 0 Å². The number of nitrogens with two attached hydrogens (primary N) is 1. The van der Waals surface area contributed by atoms with Crippen LogP contribution >= 0.6 is 0 Å². The zero-order chi connectivity index (χ0) is 22.5. The van der Waals surface area contributed by atoms with E-state index in [2.05, 4.69) is 11.8 Å². The normalized spacial score (nSPS) is 20.6. The number of carbonyl (C=O) groups is 2. The smallest absolute Gasteiger partial charge is 0.263 e. The molecule has 0 aromatic heterocycles. The van der Waals surface area contributed by atoms with Crippen molar-refractivity contribution in [3.63, 3.8) is 0 Å². The van der Waals surface area contributed by atoms with E-state index in [-0.39, 0.29) is 36.5 Å². The number of amides is 2. The van der Waals surface area contributed by atoms with Gasteiger partial charge < -0.3 is 15.4 Å². The third kappa shape index (κ3) is 5.28. The molecule has 30 heavy (non-hydrogen) atoms. The Morgan fingerprint density at radius 2 is 1.97 bits per heavy atom. The average Bonchev–Trinajstić information content (AvgIpc) is 2.70. The van der Waals surface area contributed by atoms with Gasteiger partial charge >= 0.3 is 0 Å². The van der Waals surface area contributed by atoms with Gasteiger partial charge in [0.1, 0.15) is 18.4 Å². The molecular weight excluding hydrogens is 412 g/mol. The van der Waals surface area contributed by atoms with E-state index in [1.807, 2.05) is 0 Å². The summed E-state index contributed by atoms with van der Waals surface area (Å²) in [5.41, 5.74) is 7.02. The number of carbonyl (C=O) groups excluding carboxylic acids is 2. The van der Waals surface area contributed by atoms with Crippen LogP contribution in [-0.2, 0) is 19.6 Å². The van der Waals surface area contributed by atoms with E-state index < -0.39 is 28.0 Å². The Balaban J connectivity index is 2.25. The van der Waals surface area contributed by atoms with Crippen LogP contribution in [0.2, 0.25) is 0 Å². The highest BCUT2D eigenvalue weighted by atomic mass is 32.2. The maximum atomic E-state index is 13.2. The Hall–Kier alpha value is -2.65. The number of ether oxygens (including phenoxy) is 1. The number of hydroxylamine groups is 1. The number of rotatable bonds is 5. The fourth-order valence-electron chi connectivity index (χ4n) is 3.26. The van der Waals surface area contributed by atoms with Gasteiger partial charge in [0.2, 0.25) is 15.9 Å². The Bertz CT molecular complexity index is 936. The molecule has 1 aromatic carbocycles. The standard InChI is InChI=1S/C19H26N4O6S/c1-13(20)5-4-12-29-16-6-8-17(9-7-16)30(27,28)23-11-10-22(15(3)24)14(2)18(23)19(25)21-26/h6-9,13-14,18,26H,10-12,20H2,1-3H3,(H,21,25). The zero-order valence-corrected chi connectivity index (χ0v) is 17.8. The third-order valence-corrected chi connectivity index (χ3v) is 6.57. The second-order valence-electron chi connectivity index (χ2n) is 6.86. The van der Waals surface area contributed by atoms with Crippen molar-refractivity contribution in [3.8, 4) is 17.6 Å². The molecule has 164 valence electrons. The minimum absolute atomic E-state index is 0.0456.